The molecule has 2 heterocycles. The number of hydrogen-bond donors (Lipinski definition) is 1. The lowest BCUT2D eigenvalue weighted by Crippen LogP contribution is -2.07. The molecule has 2 aromatic rings. The number of carbonyl (C=O) groups is 1. The molecule has 0 unspecified atom stereocenters. The van der Waals surface area contributed by atoms with Crippen LogP contribution in [0.2, 0.25) is 0 Å². The number of nitrogens with zero attached hydrogens (tertiary/aromatic N) is 3. The largest absolute Gasteiger partial charge is 0.478 e. The quantitative estimate of drug-likeness (QED) is 0.764. The lowest BCUT2D eigenvalue weighted by atomic mass is 10.2. The van der Waals surface area contributed by atoms with Crippen molar-refractivity contribution in [3.05, 3.63) is 42.4 Å². The molecule has 2 rings (SSSR count). The molecule has 1 N–H and O–H groups in total. The predicted octanol–water partition coefficient (Wildman–Crippen LogP) is 0.965. The Balaban J connectivity index is 2.58. The summed E-state index contributed by atoms with van der Waals surface area (Å²) >= 11 is 0. The molecule has 0 radical (unpaired) electrons. The van der Waals surface area contributed by atoms with E-state index in [9.17, 15) is 4.79 Å². The van der Waals surface area contributed by atoms with E-state index in [1.807, 2.05) is 0 Å². The second-order valence-electron chi connectivity index (χ2n) is 2.63. The second kappa shape index (κ2) is 3.29. The van der Waals surface area contributed by atoms with Crippen LogP contribution in [0.5, 0.6) is 0 Å². The van der Waals surface area contributed by atoms with Crippen LogP contribution in [-0.2, 0) is 0 Å². The molecule has 70 valence electrons. The van der Waals surface area contributed by atoms with Gasteiger partial charge in [0.25, 0.3) is 0 Å². The number of carboxylic acids is 1. The van der Waals surface area contributed by atoms with Crippen LogP contribution < -0.4 is 0 Å². The summed E-state index contributed by atoms with van der Waals surface area (Å²) < 4.78 is 1.42. The van der Waals surface area contributed by atoms with Crippen LogP contribution in [0.1, 0.15) is 10.4 Å². The Kier molecular flexibility index (Phi) is 1.98. The molecular formula is C9H7N3O2. The summed E-state index contributed by atoms with van der Waals surface area (Å²) in [6.07, 6.45) is 4.75. The van der Waals surface area contributed by atoms with Gasteiger partial charge in [0.2, 0.25) is 0 Å². The second-order valence-corrected chi connectivity index (χ2v) is 2.63. The number of rotatable bonds is 2. The molecule has 0 saturated heterocycles. The predicted molar refractivity (Wildman–Crippen MR) is 48.3 cm³/mol. The standard InChI is InChI=1S/C9H7N3O2/c13-9(14)7-3-1-4-10-8(7)12-6-2-5-11-12/h1-6H,(H,13,14). The summed E-state index contributed by atoms with van der Waals surface area (Å²) in [6, 6.07) is 4.78. The van der Waals surface area contributed by atoms with Crippen LogP contribution in [0.15, 0.2) is 36.8 Å². The average molecular weight is 189 g/mol. The molecular weight excluding hydrogens is 182 g/mol. The van der Waals surface area contributed by atoms with Gasteiger partial charge in [0.1, 0.15) is 5.56 Å². The van der Waals surface area contributed by atoms with Crippen molar-refractivity contribution in [2.75, 3.05) is 0 Å². The van der Waals surface area contributed by atoms with Gasteiger partial charge in [-0.1, -0.05) is 0 Å². The number of aromatic nitrogens is 3. The summed E-state index contributed by atoms with van der Waals surface area (Å²) in [6.45, 7) is 0. The molecule has 0 aliphatic rings. The van der Waals surface area contributed by atoms with E-state index in [4.69, 9.17) is 5.11 Å². The minimum atomic E-state index is -1.01. The van der Waals surface area contributed by atoms with Crippen molar-refractivity contribution in [1.29, 1.82) is 0 Å². The minimum absolute atomic E-state index is 0.135. The highest BCUT2D eigenvalue weighted by Gasteiger charge is 2.11. The summed E-state index contributed by atoms with van der Waals surface area (Å²) in [5.41, 5.74) is 0.135. The van der Waals surface area contributed by atoms with Crippen molar-refractivity contribution in [3.63, 3.8) is 0 Å². The van der Waals surface area contributed by atoms with Gasteiger partial charge < -0.3 is 5.11 Å². The third kappa shape index (κ3) is 1.35. The van der Waals surface area contributed by atoms with Crippen LogP contribution in [0, 0.1) is 0 Å². The maximum Gasteiger partial charge on any atom is 0.339 e. The van der Waals surface area contributed by atoms with E-state index < -0.39 is 5.97 Å². The van der Waals surface area contributed by atoms with E-state index in [2.05, 4.69) is 10.1 Å². The number of carboxylic acid groups (broad SMARTS) is 1. The fourth-order valence-electron chi connectivity index (χ4n) is 1.14. The highest BCUT2D eigenvalue weighted by atomic mass is 16.4. The zero-order chi connectivity index (χ0) is 9.97. The lowest BCUT2D eigenvalue weighted by molar-refractivity contribution is 0.0696. The molecule has 0 amide bonds. The van der Waals surface area contributed by atoms with Crippen molar-refractivity contribution in [3.8, 4) is 5.82 Å². The van der Waals surface area contributed by atoms with E-state index in [0.29, 0.717) is 5.82 Å². The maximum absolute atomic E-state index is 10.8. The summed E-state index contributed by atoms with van der Waals surface area (Å²) in [5.74, 6) is -0.686. The highest BCUT2D eigenvalue weighted by molar-refractivity contribution is 5.90. The van der Waals surface area contributed by atoms with E-state index in [-0.39, 0.29) is 5.56 Å². The Morgan fingerprint density at radius 1 is 1.36 bits per heavy atom. The van der Waals surface area contributed by atoms with Crippen LogP contribution in [0.25, 0.3) is 5.82 Å². The van der Waals surface area contributed by atoms with Gasteiger partial charge in [-0.05, 0) is 18.2 Å². The highest BCUT2D eigenvalue weighted by Crippen LogP contribution is 2.09. The zero-order valence-electron chi connectivity index (χ0n) is 7.16. The van der Waals surface area contributed by atoms with Crippen LogP contribution >= 0.6 is 0 Å². The molecule has 0 saturated carbocycles. The van der Waals surface area contributed by atoms with Crippen LogP contribution in [0.4, 0.5) is 0 Å². The van der Waals surface area contributed by atoms with E-state index in [1.165, 1.54) is 16.9 Å². The first kappa shape index (κ1) is 8.43. The summed E-state index contributed by atoms with van der Waals surface area (Å²) in [4.78, 5) is 14.8. The molecule has 5 nitrogen and oxygen atoms in total. The molecule has 0 fully saturated rings. The molecule has 0 spiro atoms. The number of hydrogen-bond acceptors (Lipinski definition) is 3. The first-order chi connectivity index (χ1) is 6.79. The molecule has 5 heteroatoms. The first-order valence-electron chi connectivity index (χ1n) is 3.97. The van der Waals surface area contributed by atoms with Gasteiger partial charge in [-0.25, -0.2) is 14.5 Å². The fraction of sp³-hybridized carbons (Fsp3) is 0. The molecule has 0 aliphatic heterocycles. The SMILES string of the molecule is O=C(O)c1cccnc1-n1cccn1. The van der Waals surface area contributed by atoms with Gasteiger partial charge in [0.05, 0.1) is 0 Å². The average Bonchev–Trinajstić information content (AvgIpc) is 2.70. The maximum atomic E-state index is 10.8. The first-order valence-corrected chi connectivity index (χ1v) is 3.97. The molecule has 0 aromatic carbocycles. The van der Waals surface area contributed by atoms with Gasteiger partial charge in [0, 0.05) is 18.6 Å². The number of aromatic carboxylic acids is 1. The van der Waals surface area contributed by atoms with Crippen molar-refractivity contribution in [2.45, 2.75) is 0 Å². The number of pyridine rings is 1. The van der Waals surface area contributed by atoms with Gasteiger partial charge in [-0.3, -0.25) is 0 Å². The monoisotopic (exact) mass is 189 g/mol. The Bertz CT molecular complexity index is 451. The Morgan fingerprint density at radius 3 is 2.86 bits per heavy atom. The third-order valence-corrected chi connectivity index (χ3v) is 1.74. The molecule has 0 bridgehead atoms. The van der Waals surface area contributed by atoms with Gasteiger partial charge in [-0.15, -0.1) is 0 Å². The van der Waals surface area contributed by atoms with Crippen LogP contribution in [0.3, 0.4) is 0 Å². The van der Waals surface area contributed by atoms with Crippen molar-refractivity contribution in [1.82, 2.24) is 14.8 Å². The van der Waals surface area contributed by atoms with Crippen molar-refractivity contribution < 1.29 is 9.90 Å². The topological polar surface area (TPSA) is 68.0 Å². The molecule has 0 aliphatic carbocycles. The van der Waals surface area contributed by atoms with Crippen molar-refractivity contribution >= 4 is 5.97 Å². The van der Waals surface area contributed by atoms with E-state index in [1.54, 1.807) is 24.5 Å². The summed E-state index contributed by atoms with van der Waals surface area (Å²) in [5, 5.41) is 12.8. The van der Waals surface area contributed by atoms with Gasteiger partial charge >= 0.3 is 5.97 Å². The minimum Gasteiger partial charge on any atom is -0.478 e. The van der Waals surface area contributed by atoms with Gasteiger partial charge in [0.15, 0.2) is 5.82 Å². The smallest absolute Gasteiger partial charge is 0.339 e. The van der Waals surface area contributed by atoms with E-state index in [0.717, 1.165) is 0 Å². The summed E-state index contributed by atoms with van der Waals surface area (Å²) in [7, 11) is 0. The Labute approximate surface area is 79.6 Å². The van der Waals surface area contributed by atoms with Crippen molar-refractivity contribution in [2.24, 2.45) is 0 Å². The molecule has 0 atom stereocenters. The molecule has 14 heavy (non-hydrogen) atoms. The van der Waals surface area contributed by atoms with E-state index >= 15 is 0 Å². The zero-order valence-corrected chi connectivity index (χ0v) is 7.16. The van der Waals surface area contributed by atoms with Crippen LogP contribution in [-0.4, -0.2) is 25.8 Å². The Morgan fingerprint density at radius 2 is 2.21 bits per heavy atom. The third-order valence-electron chi connectivity index (χ3n) is 1.74. The van der Waals surface area contributed by atoms with Gasteiger partial charge in [-0.2, -0.15) is 5.10 Å². The normalized spacial score (nSPS) is 10.0. The lowest BCUT2D eigenvalue weighted by Gasteiger charge is -2.03. The molecule has 2 aromatic heterocycles. The Hall–Kier alpha value is -2.17. The fourth-order valence-corrected chi connectivity index (χ4v) is 1.14.